The van der Waals surface area contributed by atoms with Gasteiger partial charge in [0.15, 0.2) is 0 Å². The summed E-state index contributed by atoms with van der Waals surface area (Å²) in [7, 11) is -4.80. The second kappa shape index (κ2) is 15.4. The van der Waals surface area contributed by atoms with E-state index in [2.05, 4.69) is 0 Å². The minimum atomic E-state index is -4.80. The zero-order valence-corrected chi connectivity index (χ0v) is 36.1. The molecule has 46 heavy (non-hydrogen) atoms. The van der Waals surface area contributed by atoms with Gasteiger partial charge in [0.1, 0.15) is 50.0 Å². The third-order valence-electron chi connectivity index (χ3n) is 5.88. The monoisotopic (exact) mass is 1320 g/mol. The molecule has 18 heteroatoms. The highest BCUT2D eigenvalue weighted by molar-refractivity contribution is 14.1. The third kappa shape index (κ3) is 8.85. The van der Waals surface area contributed by atoms with Crippen molar-refractivity contribution in [3.8, 4) is 28.7 Å². The Morgan fingerprint density at radius 1 is 0.630 bits per heavy atom. The van der Waals surface area contributed by atoms with Gasteiger partial charge < -0.3 is 29.0 Å². The molecular weight excluding hydrogens is 1310 g/mol. The lowest BCUT2D eigenvalue weighted by atomic mass is 10.1. The number of carbonyl (C=O) groups excluding carboxylic acids is 3. The molecule has 0 saturated carbocycles. The van der Waals surface area contributed by atoms with Gasteiger partial charge in [-0.05, 0) is 191 Å². The summed E-state index contributed by atoms with van der Waals surface area (Å²) in [6, 6.07) is 10.8. The first kappa shape index (κ1) is 38.0. The molecule has 4 aromatic rings. The quantitative estimate of drug-likeness (QED) is 0.0807. The van der Waals surface area contributed by atoms with E-state index in [-0.39, 0.29) is 58.1 Å². The summed E-state index contributed by atoms with van der Waals surface area (Å²) < 4.78 is 53.7. The number of hydrogen-bond acceptors (Lipinski definition) is 11. The SMILES string of the molecule is Cc1c(OC(=O)c2cc(I)cc(I)c2O)cc(C(=O)Oc2cc(I)c(S(=O)(=O)[O-])c(I)c2)cc1OC(=O)c1cc(I)cc(I)c1O. The lowest BCUT2D eigenvalue weighted by Crippen LogP contribution is -2.16. The molecule has 0 heterocycles. The van der Waals surface area contributed by atoms with Gasteiger partial charge in [0.25, 0.3) is 0 Å². The normalized spacial score (nSPS) is 11.2. The number of phenolic OH excluding ortho intramolecular Hbond substituents is 2. The molecule has 4 rings (SSSR count). The van der Waals surface area contributed by atoms with Crippen LogP contribution in [0.4, 0.5) is 0 Å². The molecule has 0 radical (unpaired) electrons. The first-order valence-electron chi connectivity index (χ1n) is 12.0. The van der Waals surface area contributed by atoms with Gasteiger partial charge in [0, 0.05) is 19.8 Å². The summed E-state index contributed by atoms with van der Waals surface area (Å²) in [4.78, 5) is 39.3. The highest BCUT2D eigenvalue weighted by Crippen LogP contribution is 2.36. The van der Waals surface area contributed by atoms with Crippen molar-refractivity contribution in [1.82, 2.24) is 0 Å². The van der Waals surface area contributed by atoms with Crippen LogP contribution in [0.15, 0.2) is 53.4 Å². The Bertz CT molecular complexity index is 1950. The maximum absolute atomic E-state index is 13.4. The fourth-order valence-electron chi connectivity index (χ4n) is 3.75. The maximum Gasteiger partial charge on any atom is 0.347 e. The standard InChI is InChI=1S/C28H14I6O11S/c1-10-21(44-27(38)15-4-12(29)6-17(31)23(15)35)2-11(3-22(10)45-28(39)16-5-13(30)7-18(32)24(16)36)26(37)43-14-8-19(33)25(20(34)9-14)46(40,41)42/h2-9,35-36H,1H3,(H,40,41,42)/p-1. The fraction of sp³-hybridized carbons (Fsp3) is 0.0357. The Morgan fingerprint density at radius 3 is 1.43 bits per heavy atom. The second-order valence-electron chi connectivity index (χ2n) is 9.00. The fourth-order valence-corrected chi connectivity index (χ4v) is 11.4. The van der Waals surface area contributed by atoms with Crippen molar-refractivity contribution in [2.45, 2.75) is 11.8 Å². The molecule has 0 aliphatic rings. The molecule has 240 valence electrons. The summed E-state index contributed by atoms with van der Waals surface area (Å²) in [5.41, 5.74) is -0.437. The molecule has 0 saturated heterocycles. The molecule has 0 aliphatic carbocycles. The van der Waals surface area contributed by atoms with E-state index >= 15 is 0 Å². The van der Waals surface area contributed by atoms with Gasteiger partial charge >= 0.3 is 17.9 Å². The van der Waals surface area contributed by atoms with E-state index < -0.39 is 32.9 Å². The van der Waals surface area contributed by atoms with E-state index in [0.717, 1.165) is 0 Å². The predicted molar refractivity (Wildman–Crippen MR) is 213 cm³/mol. The molecular formula is C28H13I6O11S-. The van der Waals surface area contributed by atoms with Crippen molar-refractivity contribution in [3.05, 3.63) is 92.2 Å². The van der Waals surface area contributed by atoms with Gasteiger partial charge in [-0.1, -0.05) is 0 Å². The van der Waals surface area contributed by atoms with Gasteiger partial charge in [0.05, 0.1) is 17.6 Å². The summed E-state index contributed by atoms with van der Waals surface area (Å²) in [5, 5.41) is 21.0. The van der Waals surface area contributed by atoms with Crippen LogP contribution in [0, 0.1) is 28.3 Å². The van der Waals surface area contributed by atoms with Crippen molar-refractivity contribution in [3.63, 3.8) is 0 Å². The Morgan fingerprint density at radius 2 is 1.04 bits per heavy atom. The molecule has 0 aromatic heterocycles. The van der Waals surface area contributed by atoms with Crippen molar-refractivity contribution in [1.29, 1.82) is 0 Å². The van der Waals surface area contributed by atoms with E-state index in [1.807, 2.05) is 90.4 Å². The second-order valence-corrected chi connectivity index (χ2v) is 17.5. The summed E-state index contributed by atoms with van der Waals surface area (Å²) in [6.45, 7) is 1.46. The van der Waals surface area contributed by atoms with Crippen LogP contribution in [0.2, 0.25) is 0 Å². The van der Waals surface area contributed by atoms with Crippen LogP contribution >= 0.6 is 136 Å². The number of hydrogen-bond donors (Lipinski definition) is 2. The van der Waals surface area contributed by atoms with Gasteiger partial charge in [-0.2, -0.15) is 0 Å². The number of phenols is 2. The van der Waals surface area contributed by atoms with Crippen molar-refractivity contribution in [2.75, 3.05) is 0 Å². The summed E-state index contributed by atoms with van der Waals surface area (Å²) >= 11 is 10.9. The Balaban J connectivity index is 1.78. The molecule has 11 nitrogen and oxygen atoms in total. The first-order chi connectivity index (χ1) is 21.4. The van der Waals surface area contributed by atoms with Crippen molar-refractivity contribution in [2.24, 2.45) is 0 Å². The number of benzene rings is 4. The number of ether oxygens (including phenoxy) is 3. The number of esters is 3. The Hall–Kier alpha value is -0.820. The van der Waals surface area contributed by atoms with Crippen molar-refractivity contribution >= 4 is 164 Å². The van der Waals surface area contributed by atoms with Crippen LogP contribution < -0.4 is 14.2 Å². The Labute approximate surface area is 343 Å². The summed E-state index contributed by atoms with van der Waals surface area (Å²) in [5.74, 6) is -4.11. The zero-order valence-electron chi connectivity index (χ0n) is 22.4. The molecule has 4 aromatic carbocycles. The van der Waals surface area contributed by atoms with E-state index in [4.69, 9.17) is 14.2 Å². The molecule has 0 spiro atoms. The van der Waals surface area contributed by atoms with Crippen LogP contribution in [0.3, 0.4) is 0 Å². The molecule has 0 bridgehead atoms. The highest BCUT2D eigenvalue weighted by Gasteiger charge is 2.25. The molecule has 0 fully saturated rings. The minimum Gasteiger partial charge on any atom is -0.744 e. The van der Waals surface area contributed by atoms with Gasteiger partial charge in [0.2, 0.25) is 0 Å². The molecule has 2 N–H and O–H groups in total. The Kier molecular flexibility index (Phi) is 12.7. The van der Waals surface area contributed by atoms with Crippen LogP contribution in [0.1, 0.15) is 36.6 Å². The average Bonchev–Trinajstić information content (AvgIpc) is 2.93. The predicted octanol–water partition coefficient (Wildman–Crippen LogP) is 7.60. The number of carbonyl (C=O) groups is 3. The lowest BCUT2D eigenvalue weighted by molar-refractivity contribution is 0.0701. The van der Waals surface area contributed by atoms with E-state index in [9.17, 15) is 37.6 Å². The summed E-state index contributed by atoms with van der Waals surface area (Å²) in [6.07, 6.45) is 0. The average molecular weight is 1320 g/mol. The first-order valence-corrected chi connectivity index (χ1v) is 19.9. The van der Waals surface area contributed by atoms with E-state index in [1.54, 1.807) is 57.3 Å². The highest BCUT2D eigenvalue weighted by atomic mass is 127. The molecule has 0 unspecified atom stereocenters. The largest absolute Gasteiger partial charge is 0.744 e. The third-order valence-corrected chi connectivity index (χ3v) is 12.1. The van der Waals surface area contributed by atoms with Gasteiger partial charge in [-0.15, -0.1) is 0 Å². The van der Waals surface area contributed by atoms with Crippen molar-refractivity contribution < 1.29 is 51.8 Å². The number of halogens is 6. The van der Waals surface area contributed by atoms with Gasteiger partial charge in [-0.25, -0.2) is 22.8 Å². The molecule has 0 aliphatic heterocycles. The topological polar surface area (TPSA) is 177 Å². The molecule has 0 amide bonds. The number of rotatable bonds is 7. The van der Waals surface area contributed by atoms with Crippen LogP contribution in [0.5, 0.6) is 28.7 Å². The van der Waals surface area contributed by atoms with E-state index in [1.165, 1.54) is 43.3 Å². The lowest BCUT2D eigenvalue weighted by Gasteiger charge is -2.16. The molecule has 0 atom stereocenters. The smallest absolute Gasteiger partial charge is 0.347 e. The van der Waals surface area contributed by atoms with Gasteiger partial charge in [-0.3, -0.25) is 0 Å². The maximum atomic E-state index is 13.4. The van der Waals surface area contributed by atoms with Crippen LogP contribution in [-0.2, 0) is 10.1 Å². The zero-order chi connectivity index (χ0) is 34.2. The van der Waals surface area contributed by atoms with Crippen LogP contribution in [-0.4, -0.2) is 41.1 Å². The number of aromatic hydroxyl groups is 2. The minimum absolute atomic E-state index is 0.0225. The van der Waals surface area contributed by atoms with Crippen LogP contribution in [0.25, 0.3) is 0 Å². The van der Waals surface area contributed by atoms with E-state index in [0.29, 0.717) is 14.3 Å².